The van der Waals surface area contributed by atoms with Crippen LogP contribution in [0.4, 0.5) is 0 Å². The fraction of sp³-hybridized carbons (Fsp3) is 0.304. The monoisotopic (exact) mass is 534 g/mol. The highest BCUT2D eigenvalue weighted by Gasteiger charge is 2.48. The number of aliphatic hydroxyl groups excluding tert-OH is 3. The zero-order valence-corrected chi connectivity index (χ0v) is 20.1. The number of ether oxygens (including phenoxy) is 2. The molecule has 0 amide bonds. The number of nitrogens with zero attached hydrogens (tertiary/aromatic N) is 4. The van der Waals surface area contributed by atoms with Crippen LogP contribution in [-0.2, 0) is 14.3 Å². The van der Waals surface area contributed by atoms with Crippen LogP contribution in [0.25, 0.3) is 5.69 Å². The van der Waals surface area contributed by atoms with Crippen LogP contribution in [0.2, 0.25) is 10.0 Å². The molecule has 2 aliphatic rings. The molecule has 6 atom stereocenters. The molecule has 11 nitrogen and oxygen atoms in total. The standard InChI is InChI=1S/C23H20Cl2N4O7/c1-9-27-28-20-21(36-23-18(32)16(30)17(31)19(35-23)22(33)34)26-15(11-4-2-3-5-13(11)25)12-8-10(24)6-7-14(12)29(9)20/h2-8,16-19,21,23,30-32H,1H3,(H,33,34)/t16-,17-,18+,19-,21+,23-/m0/s1. The molecule has 2 aromatic carbocycles. The van der Waals surface area contributed by atoms with E-state index >= 15 is 0 Å². The van der Waals surface area contributed by atoms with E-state index in [1.807, 2.05) is 0 Å². The lowest BCUT2D eigenvalue weighted by atomic mass is 9.99. The van der Waals surface area contributed by atoms with Crippen LogP contribution in [-0.4, -0.2) is 77.6 Å². The highest BCUT2D eigenvalue weighted by molar-refractivity contribution is 6.36. The van der Waals surface area contributed by atoms with Crippen LogP contribution >= 0.6 is 23.2 Å². The van der Waals surface area contributed by atoms with E-state index in [4.69, 9.17) is 37.7 Å². The Hall–Kier alpha value is -2.90. The third-order valence-electron chi connectivity index (χ3n) is 5.98. The van der Waals surface area contributed by atoms with Crippen molar-refractivity contribution in [3.63, 3.8) is 0 Å². The molecule has 188 valence electrons. The van der Waals surface area contributed by atoms with Gasteiger partial charge in [0.25, 0.3) is 0 Å². The van der Waals surface area contributed by atoms with E-state index in [0.29, 0.717) is 38.4 Å². The number of aliphatic carboxylic acids is 1. The Labute approximate surface area is 214 Å². The first kappa shape index (κ1) is 24.8. The predicted octanol–water partition coefficient (Wildman–Crippen LogP) is 1.64. The molecular formula is C23H20Cl2N4O7. The van der Waals surface area contributed by atoms with E-state index in [1.165, 1.54) is 0 Å². The number of aryl methyl sites for hydroxylation is 1. The summed E-state index contributed by atoms with van der Waals surface area (Å²) in [6.45, 7) is 1.72. The smallest absolute Gasteiger partial charge is 0.335 e. The van der Waals surface area contributed by atoms with Crippen molar-refractivity contribution < 1.29 is 34.7 Å². The summed E-state index contributed by atoms with van der Waals surface area (Å²) in [5.41, 5.74) is 2.16. The van der Waals surface area contributed by atoms with Crippen molar-refractivity contribution in [2.75, 3.05) is 0 Å². The van der Waals surface area contributed by atoms with Gasteiger partial charge in [0.2, 0.25) is 6.23 Å². The third kappa shape index (κ3) is 4.18. The lowest BCUT2D eigenvalue weighted by molar-refractivity contribution is -0.305. The Morgan fingerprint density at radius 3 is 2.50 bits per heavy atom. The highest BCUT2D eigenvalue weighted by Crippen LogP contribution is 2.36. The second-order valence-corrected chi connectivity index (χ2v) is 9.13. The predicted molar refractivity (Wildman–Crippen MR) is 126 cm³/mol. The molecule has 1 aromatic heterocycles. The summed E-state index contributed by atoms with van der Waals surface area (Å²) in [7, 11) is 0. The summed E-state index contributed by atoms with van der Waals surface area (Å²) in [6.07, 6.45) is -10.3. The van der Waals surface area contributed by atoms with Crippen LogP contribution in [0, 0.1) is 6.92 Å². The number of fused-ring (bicyclic) bond motifs is 3. The van der Waals surface area contributed by atoms with Crippen molar-refractivity contribution in [3.8, 4) is 5.69 Å². The SMILES string of the molecule is Cc1nnc2n1-c1ccc(Cl)cc1C(c1ccccc1Cl)=N[C@@H]2O[C@@H]1O[C@H](C(=O)O)[C@@H](O)[C@H](O)[C@H]1O. The lowest BCUT2D eigenvalue weighted by Gasteiger charge is -2.39. The molecule has 5 rings (SSSR count). The number of aliphatic hydroxyl groups is 3. The summed E-state index contributed by atoms with van der Waals surface area (Å²) < 4.78 is 12.9. The van der Waals surface area contributed by atoms with Gasteiger partial charge in [-0.3, -0.25) is 4.57 Å². The fourth-order valence-electron chi connectivity index (χ4n) is 4.22. The molecule has 0 unspecified atom stereocenters. The Bertz CT molecular complexity index is 1360. The summed E-state index contributed by atoms with van der Waals surface area (Å²) >= 11 is 12.8. The second kappa shape index (κ2) is 9.52. The molecule has 36 heavy (non-hydrogen) atoms. The molecule has 0 spiro atoms. The molecule has 2 aliphatic heterocycles. The van der Waals surface area contributed by atoms with Gasteiger partial charge in [0.05, 0.1) is 11.4 Å². The minimum absolute atomic E-state index is 0.196. The molecule has 3 aromatic rings. The number of rotatable bonds is 4. The van der Waals surface area contributed by atoms with Crippen LogP contribution in [0.5, 0.6) is 0 Å². The van der Waals surface area contributed by atoms with Gasteiger partial charge in [-0.1, -0.05) is 41.4 Å². The fourth-order valence-corrected chi connectivity index (χ4v) is 4.62. The zero-order valence-electron chi connectivity index (χ0n) is 18.6. The number of aliphatic imine (C=N–C) groups is 1. The van der Waals surface area contributed by atoms with Gasteiger partial charge in [0, 0.05) is 21.2 Å². The minimum atomic E-state index is -1.87. The molecule has 4 N–H and O–H groups in total. The molecule has 0 aliphatic carbocycles. The number of halogens is 2. The van der Waals surface area contributed by atoms with Crippen LogP contribution in [0.15, 0.2) is 47.5 Å². The Morgan fingerprint density at radius 1 is 1.03 bits per heavy atom. The van der Waals surface area contributed by atoms with Gasteiger partial charge in [-0.15, -0.1) is 10.2 Å². The highest BCUT2D eigenvalue weighted by atomic mass is 35.5. The number of aromatic nitrogens is 3. The van der Waals surface area contributed by atoms with Gasteiger partial charge in [-0.25, -0.2) is 9.79 Å². The second-order valence-electron chi connectivity index (χ2n) is 8.28. The van der Waals surface area contributed by atoms with E-state index in [9.17, 15) is 25.2 Å². The maximum atomic E-state index is 11.6. The number of benzene rings is 2. The molecule has 1 fully saturated rings. The number of hydrogen-bond donors (Lipinski definition) is 4. The molecular weight excluding hydrogens is 515 g/mol. The third-order valence-corrected chi connectivity index (χ3v) is 6.54. The van der Waals surface area contributed by atoms with Gasteiger partial charge < -0.3 is 29.9 Å². The molecule has 0 bridgehead atoms. The first-order chi connectivity index (χ1) is 17.2. The normalized spacial score (nSPS) is 27.6. The Balaban J connectivity index is 1.66. The van der Waals surface area contributed by atoms with Crippen molar-refractivity contribution >= 4 is 34.9 Å². The van der Waals surface area contributed by atoms with Crippen molar-refractivity contribution in [2.24, 2.45) is 4.99 Å². The maximum Gasteiger partial charge on any atom is 0.335 e. The number of hydrogen-bond acceptors (Lipinski definition) is 9. The molecule has 0 saturated carbocycles. The van der Waals surface area contributed by atoms with Crippen molar-refractivity contribution in [2.45, 2.75) is 43.9 Å². The van der Waals surface area contributed by atoms with Gasteiger partial charge in [0.15, 0.2) is 18.2 Å². The van der Waals surface area contributed by atoms with Crippen LogP contribution < -0.4 is 0 Å². The summed E-state index contributed by atoms with van der Waals surface area (Å²) in [5, 5.41) is 49.3. The lowest BCUT2D eigenvalue weighted by Crippen LogP contribution is -2.60. The Kier molecular flexibility index (Phi) is 6.55. The average Bonchev–Trinajstić information content (AvgIpc) is 3.17. The van der Waals surface area contributed by atoms with Crippen molar-refractivity contribution in [1.82, 2.24) is 14.8 Å². The van der Waals surface area contributed by atoms with E-state index in [-0.39, 0.29) is 5.82 Å². The van der Waals surface area contributed by atoms with Gasteiger partial charge in [-0.2, -0.15) is 0 Å². The van der Waals surface area contributed by atoms with Gasteiger partial charge in [-0.05, 0) is 31.2 Å². The van der Waals surface area contributed by atoms with E-state index in [2.05, 4.69) is 10.2 Å². The largest absolute Gasteiger partial charge is 0.479 e. The summed E-state index contributed by atoms with van der Waals surface area (Å²) in [5.74, 6) is -0.854. The summed E-state index contributed by atoms with van der Waals surface area (Å²) in [6, 6.07) is 12.2. The van der Waals surface area contributed by atoms with Crippen molar-refractivity contribution in [1.29, 1.82) is 0 Å². The Morgan fingerprint density at radius 2 is 1.78 bits per heavy atom. The summed E-state index contributed by atoms with van der Waals surface area (Å²) in [4.78, 5) is 16.3. The van der Waals surface area contributed by atoms with E-state index in [1.54, 1.807) is 54.0 Å². The molecule has 3 heterocycles. The average molecular weight is 535 g/mol. The molecule has 13 heteroatoms. The molecule has 0 radical (unpaired) electrons. The zero-order chi connectivity index (χ0) is 25.7. The number of carbonyl (C=O) groups is 1. The van der Waals surface area contributed by atoms with Crippen LogP contribution in [0.1, 0.15) is 29.0 Å². The van der Waals surface area contributed by atoms with Crippen molar-refractivity contribution in [3.05, 3.63) is 75.3 Å². The van der Waals surface area contributed by atoms with E-state index in [0.717, 1.165) is 0 Å². The first-order valence-electron chi connectivity index (χ1n) is 10.8. The quantitative estimate of drug-likeness (QED) is 0.390. The topological polar surface area (TPSA) is 160 Å². The number of carboxylic acid groups (broad SMARTS) is 1. The first-order valence-corrected chi connectivity index (χ1v) is 11.6. The number of carboxylic acids is 1. The molecule has 1 saturated heterocycles. The van der Waals surface area contributed by atoms with E-state index < -0.39 is 42.9 Å². The van der Waals surface area contributed by atoms with Gasteiger partial charge in [0.1, 0.15) is 24.1 Å². The van der Waals surface area contributed by atoms with Crippen LogP contribution in [0.3, 0.4) is 0 Å². The maximum absolute atomic E-state index is 11.6. The minimum Gasteiger partial charge on any atom is -0.479 e. The van der Waals surface area contributed by atoms with Gasteiger partial charge >= 0.3 is 5.97 Å².